The van der Waals surface area contributed by atoms with Crippen molar-refractivity contribution in [3.63, 3.8) is 0 Å². The quantitative estimate of drug-likeness (QED) is 0.853. The topological polar surface area (TPSA) is 24.9 Å². The van der Waals surface area contributed by atoms with Crippen molar-refractivity contribution < 1.29 is 0 Å². The van der Waals surface area contributed by atoms with E-state index in [2.05, 4.69) is 17.2 Å². The lowest BCUT2D eigenvalue weighted by Crippen LogP contribution is -2.45. The number of rotatable bonds is 3. The summed E-state index contributed by atoms with van der Waals surface area (Å²) < 4.78 is 0. The van der Waals surface area contributed by atoms with Gasteiger partial charge in [0, 0.05) is 23.0 Å². The Morgan fingerprint density at radius 3 is 3.13 bits per heavy atom. The molecule has 15 heavy (non-hydrogen) atoms. The van der Waals surface area contributed by atoms with Crippen molar-refractivity contribution >= 4 is 11.3 Å². The van der Waals surface area contributed by atoms with Crippen LogP contribution in [0.4, 0.5) is 0 Å². The normalized spacial score (nSPS) is 27.5. The minimum atomic E-state index is 0.350. The maximum atomic E-state index is 4.17. The molecule has 1 aromatic rings. The van der Waals surface area contributed by atoms with Gasteiger partial charge in [-0.1, -0.05) is 19.8 Å². The summed E-state index contributed by atoms with van der Waals surface area (Å²) in [5.41, 5.74) is 2.29. The summed E-state index contributed by atoms with van der Waals surface area (Å²) in [6, 6.07) is 0. The molecule has 0 saturated carbocycles. The van der Waals surface area contributed by atoms with Gasteiger partial charge in [-0.2, -0.15) is 0 Å². The Bertz CT molecular complexity index is 274. The van der Waals surface area contributed by atoms with Crippen LogP contribution in [-0.2, 0) is 6.42 Å². The van der Waals surface area contributed by atoms with Crippen molar-refractivity contribution in [3.05, 3.63) is 16.6 Å². The summed E-state index contributed by atoms with van der Waals surface area (Å²) >= 11 is 1.79. The third-order valence-electron chi connectivity index (χ3n) is 3.50. The molecule has 0 radical (unpaired) electrons. The summed E-state index contributed by atoms with van der Waals surface area (Å²) in [7, 11) is 0. The molecule has 1 fully saturated rings. The molecule has 2 nitrogen and oxygen atoms in total. The van der Waals surface area contributed by atoms with Crippen LogP contribution >= 0.6 is 11.3 Å². The first-order valence-electron chi connectivity index (χ1n) is 5.97. The highest BCUT2D eigenvalue weighted by Gasteiger charge is 2.29. The van der Waals surface area contributed by atoms with Crippen LogP contribution in [0.15, 0.2) is 11.7 Å². The molecule has 2 rings (SSSR count). The van der Waals surface area contributed by atoms with Crippen LogP contribution in [-0.4, -0.2) is 17.1 Å². The fraction of sp³-hybridized carbons (Fsp3) is 0.750. The Hall–Kier alpha value is -0.410. The minimum Gasteiger partial charge on any atom is -0.311 e. The molecule has 1 unspecified atom stereocenters. The van der Waals surface area contributed by atoms with Crippen LogP contribution in [0.1, 0.15) is 43.9 Å². The fourth-order valence-electron chi connectivity index (χ4n) is 2.45. The monoisotopic (exact) mass is 224 g/mol. The van der Waals surface area contributed by atoms with Gasteiger partial charge in [0.25, 0.3) is 0 Å². The van der Waals surface area contributed by atoms with Crippen LogP contribution < -0.4 is 5.32 Å². The molecule has 1 N–H and O–H groups in total. The molecule has 0 spiro atoms. The zero-order valence-electron chi connectivity index (χ0n) is 9.46. The molecular formula is C12H20N2S. The maximum Gasteiger partial charge on any atom is 0.0794 e. The van der Waals surface area contributed by atoms with Gasteiger partial charge in [-0.3, -0.25) is 4.98 Å². The SMILES string of the molecule is CCC1(Cc2cncs2)CCCCCN1. The van der Waals surface area contributed by atoms with Crippen LogP contribution in [0.3, 0.4) is 0 Å². The van der Waals surface area contributed by atoms with E-state index in [1.54, 1.807) is 11.3 Å². The van der Waals surface area contributed by atoms with E-state index in [0.717, 1.165) is 6.42 Å². The van der Waals surface area contributed by atoms with Gasteiger partial charge in [0.2, 0.25) is 0 Å². The van der Waals surface area contributed by atoms with Gasteiger partial charge in [-0.25, -0.2) is 0 Å². The summed E-state index contributed by atoms with van der Waals surface area (Å²) in [6.07, 6.45) is 9.83. The van der Waals surface area contributed by atoms with Crippen molar-refractivity contribution in [1.82, 2.24) is 10.3 Å². The highest BCUT2D eigenvalue weighted by molar-refractivity contribution is 7.09. The molecule has 0 amide bonds. The molecule has 3 heteroatoms. The van der Waals surface area contributed by atoms with Gasteiger partial charge in [-0.15, -0.1) is 11.3 Å². The summed E-state index contributed by atoms with van der Waals surface area (Å²) in [4.78, 5) is 5.59. The Kier molecular flexibility index (Phi) is 3.76. The molecule has 1 aromatic heterocycles. The summed E-state index contributed by atoms with van der Waals surface area (Å²) in [6.45, 7) is 3.49. The van der Waals surface area contributed by atoms with E-state index in [4.69, 9.17) is 0 Å². The molecule has 84 valence electrons. The van der Waals surface area contributed by atoms with E-state index in [1.807, 2.05) is 11.7 Å². The first-order valence-corrected chi connectivity index (χ1v) is 6.85. The molecule has 0 bridgehead atoms. The molecule has 0 aliphatic carbocycles. The van der Waals surface area contributed by atoms with E-state index < -0.39 is 0 Å². The zero-order chi connectivity index (χ0) is 10.6. The number of thiazole rings is 1. The zero-order valence-corrected chi connectivity index (χ0v) is 10.3. The lowest BCUT2D eigenvalue weighted by Gasteiger charge is -2.32. The van der Waals surface area contributed by atoms with Crippen LogP contribution in [0.2, 0.25) is 0 Å². The van der Waals surface area contributed by atoms with Crippen LogP contribution in [0.5, 0.6) is 0 Å². The number of nitrogens with zero attached hydrogens (tertiary/aromatic N) is 1. The van der Waals surface area contributed by atoms with E-state index >= 15 is 0 Å². The van der Waals surface area contributed by atoms with Crippen molar-refractivity contribution in [3.8, 4) is 0 Å². The Morgan fingerprint density at radius 2 is 2.40 bits per heavy atom. The largest absolute Gasteiger partial charge is 0.311 e. The van der Waals surface area contributed by atoms with Crippen molar-refractivity contribution in [2.45, 2.75) is 51.0 Å². The fourth-order valence-corrected chi connectivity index (χ4v) is 3.19. The second-order valence-electron chi connectivity index (χ2n) is 4.52. The molecule has 1 atom stereocenters. The first-order chi connectivity index (χ1) is 7.35. The van der Waals surface area contributed by atoms with Gasteiger partial charge < -0.3 is 5.32 Å². The molecule has 1 saturated heterocycles. The van der Waals surface area contributed by atoms with Crippen molar-refractivity contribution in [2.75, 3.05) is 6.54 Å². The van der Waals surface area contributed by atoms with E-state index in [1.165, 1.54) is 43.5 Å². The van der Waals surface area contributed by atoms with E-state index in [-0.39, 0.29) is 0 Å². The molecule has 0 aromatic carbocycles. The highest BCUT2D eigenvalue weighted by Crippen LogP contribution is 2.27. The standard InChI is InChI=1S/C12H20N2S/c1-2-12(6-4-3-5-7-14-12)8-11-9-13-10-15-11/h9-10,14H,2-8H2,1H3. The predicted octanol–water partition coefficient (Wildman–Crippen LogP) is 3.00. The van der Waals surface area contributed by atoms with Crippen LogP contribution in [0, 0.1) is 0 Å². The predicted molar refractivity (Wildman–Crippen MR) is 65.3 cm³/mol. The lowest BCUT2D eigenvalue weighted by atomic mass is 9.87. The van der Waals surface area contributed by atoms with E-state index in [0.29, 0.717) is 5.54 Å². The molecule has 2 heterocycles. The first kappa shape index (κ1) is 11.1. The molecular weight excluding hydrogens is 204 g/mol. The Balaban J connectivity index is 2.05. The van der Waals surface area contributed by atoms with Gasteiger partial charge in [0.05, 0.1) is 5.51 Å². The van der Waals surface area contributed by atoms with Crippen molar-refractivity contribution in [1.29, 1.82) is 0 Å². The van der Waals surface area contributed by atoms with Gasteiger partial charge in [0.15, 0.2) is 0 Å². The Morgan fingerprint density at radius 1 is 1.47 bits per heavy atom. The highest BCUT2D eigenvalue weighted by atomic mass is 32.1. The number of nitrogens with one attached hydrogen (secondary N) is 1. The number of hydrogen-bond acceptors (Lipinski definition) is 3. The maximum absolute atomic E-state index is 4.17. The third-order valence-corrected chi connectivity index (χ3v) is 4.28. The summed E-state index contributed by atoms with van der Waals surface area (Å²) in [5, 5.41) is 3.76. The second kappa shape index (κ2) is 5.08. The smallest absolute Gasteiger partial charge is 0.0794 e. The summed E-state index contributed by atoms with van der Waals surface area (Å²) in [5.74, 6) is 0. The number of aromatic nitrogens is 1. The van der Waals surface area contributed by atoms with Gasteiger partial charge in [-0.05, 0) is 25.8 Å². The minimum absolute atomic E-state index is 0.350. The third kappa shape index (κ3) is 2.79. The molecule has 1 aliphatic heterocycles. The second-order valence-corrected chi connectivity index (χ2v) is 5.49. The average Bonchev–Trinajstić information content (AvgIpc) is 2.64. The van der Waals surface area contributed by atoms with Crippen LogP contribution in [0.25, 0.3) is 0 Å². The van der Waals surface area contributed by atoms with Gasteiger partial charge >= 0.3 is 0 Å². The number of hydrogen-bond donors (Lipinski definition) is 1. The van der Waals surface area contributed by atoms with Gasteiger partial charge in [0.1, 0.15) is 0 Å². The van der Waals surface area contributed by atoms with Crippen molar-refractivity contribution in [2.24, 2.45) is 0 Å². The molecule has 1 aliphatic rings. The van der Waals surface area contributed by atoms with E-state index in [9.17, 15) is 0 Å². The average molecular weight is 224 g/mol. The lowest BCUT2D eigenvalue weighted by molar-refractivity contribution is 0.304. The Labute approximate surface area is 96.1 Å².